The third kappa shape index (κ3) is 3.55. The molecule has 0 saturated heterocycles. The topological polar surface area (TPSA) is 21.3 Å². The fraction of sp³-hybridized carbons (Fsp3) is 0.250. The highest BCUT2D eigenvalue weighted by Crippen LogP contribution is 2.25. The molecule has 0 bridgehead atoms. The SMILES string of the molecule is CNC(Cc1cc(F)ccc1F)c1ccc(OC)cc1F. The maximum absolute atomic E-state index is 14.1. The molecule has 112 valence electrons. The number of methoxy groups -OCH3 is 1. The van der Waals surface area contributed by atoms with E-state index in [9.17, 15) is 13.2 Å². The molecule has 1 unspecified atom stereocenters. The monoisotopic (exact) mass is 295 g/mol. The molecule has 1 N–H and O–H groups in total. The molecule has 0 amide bonds. The van der Waals surface area contributed by atoms with Gasteiger partial charge in [-0.25, -0.2) is 13.2 Å². The Morgan fingerprint density at radius 1 is 1.05 bits per heavy atom. The molecule has 0 aliphatic carbocycles. The van der Waals surface area contributed by atoms with Gasteiger partial charge in [-0.3, -0.25) is 0 Å². The molecule has 0 aliphatic rings. The van der Waals surface area contributed by atoms with Gasteiger partial charge in [0.1, 0.15) is 23.2 Å². The number of halogens is 3. The second kappa shape index (κ2) is 6.63. The van der Waals surface area contributed by atoms with Crippen LogP contribution in [-0.4, -0.2) is 14.2 Å². The van der Waals surface area contributed by atoms with E-state index in [0.29, 0.717) is 11.3 Å². The fourth-order valence-corrected chi connectivity index (χ4v) is 2.20. The zero-order valence-corrected chi connectivity index (χ0v) is 11.8. The van der Waals surface area contributed by atoms with E-state index in [0.717, 1.165) is 18.2 Å². The van der Waals surface area contributed by atoms with Crippen LogP contribution in [0.15, 0.2) is 36.4 Å². The van der Waals surface area contributed by atoms with Crippen LogP contribution in [0.2, 0.25) is 0 Å². The predicted octanol–water partition coefficient (Wildman–Crippen LogP) is 3.62. The molecule has 2 aromatic carbocycles. The highest BCUT2D eigenvalue weighted by Gasteiger charge is 2.17. The van der Waals surface area contributed by atoms with Crippen molar-refractivity contribution in [3.63, 3.8) is 0 Å². The third-order valence-electron chi connectivity index (χ3n) is 3.36. The van der Waals surface area contributed by atoms with Crippen LogP contribution in [-0.2, 0) is 6.42 Å². The molecule has 0 heterocycles. The Kier molecular flexibility index (Phi) is 4.85. The Morgan fingerprint density at radius 2 is 1.81 bits per heavy atom. The Balaban J connectivity index is 2.29. The minimum Gasteiger partial charge on any atom is -0.497 e. The second-order valence-corrected chi connectivity index (χ2v) is 4.67. The van der Waals surface area contributed by atoms with Gasteiger partial charge in [0.15, 0.2) is 0 Å². The van der Waals surface area contributed by atoms with Crippen LogP contribution in [0.3, 0.4) is 0 Å². The molecule has 2 aromatic rings. The van der Waals surface area contributed by atoms with Gasteiger partial charge >= 0.3 is 0 Å². The highest BCUT2D eigenvalue weighted by atomic mass is 19.1. The van der Waals surface area contributed by atoms with Crippen molar-refractivity contribution < 1.29 is 17.9 Å². The zero-order chi connectivity index (χ0) is 15.4. The van der Waals surface area contributed by atoms with Crippen LogP contribution in [0.1, 0.15) is 17.2 Å². The van der Waals surface area contributed by atoms with E-state index in [1.807, 2.05) is 0 Å². The van der Waals surface area contributed by atoms with Gasteiger partial charge in [-0.05, 0) is 43.3 Å². The van der Waals surface area contributed by atoms with Crippen LogP contribution in [0.4, 0.5) is 13.2 Å². The summed E-state index contributed by atoms with van der Waals surface area (Å²) < 4.78 is 45.9. The average Bonchev–Trinajstić information content (AvgIpc) is 2.48. The quantitative estimate of drug-likeness (QED) is 0.909. The van der Waals surface area contributed by atoms with Gasteiger partial charge in [-0.2, -0.15) is 0 Å². The van der Waals surface area contributed by atoms with Crippen LogP contribution < -0.4 is 10.1 Å². The highest BCUT2D eigenvalue weighted by molar-refractivity contribution is 5.32. The van der Waals surface area contributed by atoms with Gasteiger partial charge in [0.25, 0.3) is 0 Å². The first-order valence-corrected chi connectivity index (χ1v) is 6.49. The minimum atomic E-state index is -0.517. The van der Waals surface area contributed by atoms with E-state index in [1.54, 1.807) is 19.2 Å². The van der Waals surface area contributed by atoms with Crippen molar-refractivity contribution in [2.24, 2.45) is 0 Å². The Labute approximate surface area is 121 Å². The molecule has 0 spiro atoms. The number of benzene rings is 2. The lowest BCUT2D eigenvalue weighted by atomic mass is 9.98. The summed E-state index contributed by atoms with van der Waals surface area (Å²) >= 11 is 0. The Hall–Kier alpha value is -2.01. The smallest absolute Gasteiger partial charge is 0.131 e. The van der Waals surface area contributed by atoms with Crippen molar-refractivity contribution in [1.29, 1.82) is 0 Å². The largest absolute Gasteiger partial charge is 0.497 e. The van der Waals surface area contributed by atoms with Crippen molar-refractivity contribution >= 4 is 0 Å². The van der Waals surface area contributed by atoms with Crippen molar-refractivity contribution in [3.8, 4) is 5.75 Å². The van der Waals surface area contributed by atoms with E-state index < -0.39 is 23.5 Å². The number of ether oxygens (including phenoxy) is 1. The van der Waals surface area contributed by atoms with Gasteiger partial charge in [0.05, 0.1) is 7.11 Å². The molecule has 0 aliphatic heterocycles. The second-order valence-electron chi connectivity index (χ2n) is 4.67. The van der Waals surface area contributed by atoms with E-state index in [4.69, 9.17) is 4.74 Å². The lowest BCUT2D eigenvalue weighted by molar-refractivity contribution is 0.409. The lowest BCUT2D eigenvalue weighted by Gasteiger charge is -2.18. The fourth-order valence-electron chi connectivity index (χ4n) is 2.20. The summed E-state index contributed by atoms with van der Waals surface area (Å²) in [4.78, 5) is 0. The molecule has 21 heavy (non-hydrogen) atoms. The Bertz CT molecular complexity index is 631. The predicted molar refractivity (Wildman–Crippen MR) is 74.8 cm³/mol. The lowest BCUT2D eigenvalue weighted by Crippen LogP contribution is -2.20. The summed E-state index contributed by atoms with van der Waals surface area (Å²) in [7, 11) is 3.09. The van der Waals surface area contributed by atoms with Gasteiger partial charge in [0, 0.05) is 17.7 Å². The van der Waals surface area contributed by atoms with Crippen molar-refractivity contribution in [2.75, 3.05) is 14.2 Å². The minimum absolute atomic E-state index is 0.142. The molecule has 5 heteroatoms. The standard InChI is InChI=1S/C16H16F3NO/c1-20-16(8-10-7-11(17)3-6-14(10)18)13-5-4-12(21-2)9-15(13)19/h3-7,9,16,20H,8H2,1-2H3. The summed E-state index contributed by atoms with van der Waals surface area (Å²) in [5, 5.41) is 2.92. The number of rotatable bonds is 5. The molecule has 1 atom stereocenters. The van der Waals surface area contributed by atoms with Crippen molar-refractivity contribution in [2.45, 2.75) is 12.5 Å². The molecule has 0 radical (unpaired) electrons. The third-order valence-corrected chi connectivity index (χ3v) is 3.36. The van der Waals surface area contributed by atoms with Gasteiger partial charge < -0.3 is 10.1 Å². The first-order valence-electron chi connectivity index (χ1n) is 6.49. The van der Waals surface area contributed by atoms with E-state index in [-0.39, 0.29) is 12.0 Å². The summed E-state index contributed by atoms with van der Waals surface area (Å²) in [6.07, 6.45) is 0.142. The molecular weight excluding hydrogens is 279 g/mol. The molecule has 2 rings (SSSR count). The summed E-state index contributed by atoms with van der Waals surface area (Å²) in [5.41, 5.74) is 0.575. The van der Waals surface area contributed by atoms with Crippen LogP contribution in [0.5, 0.6) is 5.75 Å². The van der Waals surface area contributed by atoms with Crippen LogP contribution in [0, 0.1) is 17.5 Å². The Morgan fingerprint density at radius 3 is 2.43 bits per heavy atom. The molecule has 0 saturated carbocycles. The number of hydrogen-bond acceptors (Lipinski definition) is 2. The average molecular weight is 295 g/mol. The summed E-state index contributed by atoms with van der Waals surface area (Å²) in [5.74, 6) is -1.07. The van der Waals surface area contributed by atoms with Crippen LogP contribution >= 0.6 is 0 Å². The maximum atomic E-state index is 14.1. The first kappa shape index (κ1) is 15.4. The normalized spacial score (nSPS) is 12.2. The van der Waals surface area contributed by atoms with Gasteiger partial charge in [-0.1, -0.05) is 6.07 Å². The van der Waals surface area contributed by atoms with E-state index >= 15 is 0 Å². The van der Waals surface area contributed by atoms with E-state index in [1.165, 1.54) is 13.2 Å². The summed E-state index contributed by atoms with van der Waals surface area (Å²) in [6, 6.07) is 7.26. The van der Waals surface area contributed by atoms with E-state index in [2.05, 4.69) is 5.32 Å². The van der Waals surface area contributed by atoms with Crippen molar-refractivity contribution in [1.82, 2.24) is 5.32 Å². The zero-order valence-electron chi connectivity index (χ0n) is 11.8. The molecule has 0 aromatic heterocycles. The molecule has 2 nitrogen and oxygen atoms in total. The maximum Gasteiger partial charge on any atom is 0.131 e. The number of hydrogen-bond donors (Lipinski definition) is 1. The first-order chi connectivity index (χ1) is 10.0. The van der Waals surface area contributed by atoms with Crippen LogP contribution in [0.25, 0.3) is 0 Å². The molecule has 0 fully saturated rings. The molecular formula is C16H16F3NO. The van der Waals surface area contributed by atoms with Crippen molar-refractivity contribution in [3.05, 3.63) is 65.0 Å². The van der Waals surface area contributed by atoms with Gasteiger partial charge in [-0.15, -0.1) is 0 Å². The number of likely N-dealkylation sites (N-methyl/N-ethyl adjacent to an activating group) is 1. The van der Waals surface area contributed by atoms with Gasteiger partial charge in [0.2, 0.25) is 0 Å². The number of nitrogens with one attached hydrogen (secondary N) is 1. The summed E-state index contributed by atoms with van der Waals surface area (Å²) in [6.45, 7) is 0.